The molecule has 1 saturated heterocycles. The molecular weight excluding hydrogens is 252 g/mol. The molecule has 1 aromatic carbocycles. The number of nitrogens with two attached hydrogens (primary N) is 2. The highest BCUT2D eigenvalue weighted by atomic mass is 16.2. The van der Waals surface area contributed by atoms with Gasteiger partial charge in [-0.2, -0.15) is 0 Å². The number of carbonyl (C=O) groups excluding carboxylic acids is 1. The molecule has 1 aromatic rings. The van der Waals surface area contributed by atoms with Gasteiger partial charge in [-0.3, -0.25) is 4.79 Å². The van der Waals surface area contributed by atoms with E-state index in [-0.39, 0.29) is 5.91 Å². The van der Waals surface area contributed by atoms with Gasteiger partial charge in [0.25, 0.3) is 5.91 Å². The van der Waals surface area contributed by atoms with Crippen molar-refractivity contribution in [3.05, 3.63) is 23.8 Å². The topological polar surface area (TPSA) is 75.6 Å². The number of likely N-dealkylation sites (tertiary alicyclic amines) is 1. The van der Waals surface area contributed by atoms with Gasteiger partial charge >= 0.3 is 0 Å². The van der Waals surface area contributed by atoms with Crippen LogP contribution in [0.15, 0.2) is 18.2 Å². The Hall–Kier alpha value is -1.75. The van der Waals surface area contributed by atoms with Crippen molar-refractivity contribution in [2.45, 2.75) is 25.8 Å². The van der Waals surface area contributed by atoms with E-state index >= 15 is 0 Å². The Balaban J connectivity index is 2.05. The molecule has 0 unspecified atom stereocenters. The van der Waals surface area contributed by atoms with Crippen molar-refractivity contribution in [1.29, 1.82) is 0 Å². The normalized spacial score (nSPS) is 17.1. The number of rotatable bonds is 3. The molecule has 5 heteroatoms. The van der Waals surface area contributed by atoms with Crippen molar-refractivity contribution >= 4 is 17.3 Å². The molecule has 0 atom stereocenters. The van der Waals surface area contributed by atoms with Crippen LogP contribution >= 0.6 is 0 Å². The summed E-state index contributed by atoms with van der Waals surface area (Å²) in [4.78, 5) is 16.7. The Morgan fingerprint density at radius 3 is 2.30 bits per heavy atom. The largest absolute Gasteiger partial charge is 0.399 e. The summed E-state index contributed by atoms with van der Waals surface area (Å²) < 4.78 is 0. The molecule has 1 heterocycles. The highest BCUT2D eigenvalue weighted by Gasteiger charge is 2.25. The van der Waals surface area contributed by atoms with E-state index < -0.39 is 0 Å². The van der Waals surface area contributed by atoms with Crippen molar-refractivity contribution in [3.63, 3.8) is 0 Å². The smallest absolute Gasteiger partial charge is 0.253 e. The van der Waals surface area contributed by atoms with E-state index in [9.17, 15) is 4.79 Å². The maximum Gasteiger partial charge on any atom is 0.253 e. The van der Waals surface area contributed by atoms with Gasteiger partial charge in [0.2, 0.25) is 0 Å². The SMILES string of the molecule is CCN1CCC(N(C)C(=O)c2cc(N)cc(N)c2)CC1. The van der Waals surface area contributed by atoms with E-state index in [1.165, 1.54) is 0 Å². The number of carbonyl (C=O) groups is 1. The van der Waals surface area contributed by atoms with Crippen molar-refractivity contribution in [3.8, 4) is 0 Å². The van der Waals surface area contributed by atoms with Crippen LogP contribution in [0.4, 0.5) is 11.4 Å². The molecule has 1 amide bonds. The fraction of sp³-hybridized carbons (Fsp3) is 0.533. The summed E-state index contributed by atoms with van der Waals surface area (Å²) in [5.41, 5.74) is 13.1. The molecule has 1 aliphatic rings. The van der Waals surface area contributed by atoms with Crippen LogP contribution in [0.25, 0.3) is 0 Å². The molecule has 4 N–H and O–H groups in total. The lowest BCUT2D eigenvalue weighted by molar-refractivity contribution is 0.0647. The third-order valence-electron chi connectivity index (χ3n) is 4.10. The Labute approximate surface area is 120 Å². The number of piperidine rings is 1. The van der Waals surface area contributed by atoms with Gasteiger partial charge in [-0.05, 0) is 37.6 Å². The monoisotopic (exact) mass is 276 g/mol. The van der Waals surface area contributed by atoms with Gasteiger partial charge in [0.15, 0.2) is 0 Å². The average Bonchev–Trinajstić information content (AvgIpc) is 2.45. The summed E-state index contributed by atoms with van der Waals surface area (Å²) in [6, 6.07) is 5.34. The molecule has 0 bridgehead atoms. The van der Waals surface area contributed by atoms with Crippen LogP contribution in [0.1, 0.15) is 30.1 Å². The first kappa shape index (κ1) is 14.7. The van der Waals surface area contributed by atoms with E-state index in [4.69, 9.17) is 11.5 Å². The predicted octanol–water partition coefficient (Wildman–Crippen LogP) is 1.41. The summed E-state index contributed by atoms with van der Waals surface area (Å²) in [6.07, 6.45) is 2.04. The van der Waals surface area contributed by atoms with E-state index in [0.717, 1.165) is 32.5 Å². The van der Waals surface area contributed by atoms with Gasteiger partial charge in [0.1, 0.15) is 0 Å². The van der Waals surface area contributed by atoms with Crippen LogP contribution in [0.3, 0.4) is 0 Å². The average molecular weight is 276 g/mol. The Bertz CT molecular complexity index is 461. The van der Waals surface area contributed by atoms with Crippen LogP contribution in [0.5, 0.6) is 0 Å². The number of benzene rings is 1. The van der Waals surface area contributed by atoms with Gasteiger partial charge in [-0.1, -0.05) is 6.92 Å². The fourth-order valence-corrected chi connectivity index (χ4v) is 2.79. The molecular formula is C15H24N4O. The van der Waals surface area contributed by atoms with Crippen molar-refractivity contribution < 1.29 is 4.79 Å². The molecule has 0 aliphatic carbocycles. The van der Waals surface area contributed by atoms with Crippen molar-refractivity contribution in [1.82, 2.24) is 9.80 Å². The zero-order valence-corrected chi connectivity index (χ0v) is 12.3. The third-order valence-corrected chi connectivity index (χ3v) is 4.10. The minimum absolute atomic E-state index is 0.000974. The number of nitrogen functional groups attached to an aromatic ring is 2. The minimum Gasteiger partial charge on any atom is -0.399 e. The second-order valence-corrected chi connectivity index (χ2v) is 5.47. The maximum atomic E-state index is 12.5. The number of anilines is 2. The summed E-state index contributed by atoms with van der Waals surface area (Å²) in [5.74, 6) is -0.000974. The van der Waals surface area contributed by atoms with Gasteiger partial charge in [0.05, 0.1) is 0 Å². The molecule has 5 nitrogen and oxygen atoms in total. The van der Waals surface area contributed by atoms with Crippen molar-refractivity contribution in [2.75, 3.05) is 38.1 Å². The second kappa shape index (κ2) is 6.13. The van der Waals surface area contributed by atoms with Gasteiger partial charge in [-0.15, -0.1) is 0 Å². The highest BCUT2D eigenvalue weighted by molar-refractivity contribution is 5.96. The lowest BCUT2D eigenvalue weighted by atomic mass is 10.0. The molecule has 1 fully saturated rings. The Kier molecular flexibility index (Phi) is 4.49. The Morgan fingerprint density at radius 1 is 1.25 bits per heavy atom. The highest BCUT2D eigenvalue weighted by Crippen LogP contribution is 2.20. The lowest BCUT2D eigenvalue weighted by Crippen LogP contribution is -2.45. The molecule has 2 rings (SSSR count). The van der Waals surface area contributed by atoms with E-state index in [0.29, 0.717) is 23.0 Å². The van der Waals surface area contributed by atoms with Crippen LogP contribution in [-0.2, 0) is 0 Å². The second-order valence-electron chi connectivity index (χ2n) is 5.47. The Morgan fingerprint density at radius 2 is 1.80 bits per heavy atom. The first-order valence-corrected chi connectivity index (χ1v) is 7.16. The van der Waals surface area contributed by atoms with Gasteiger partial charge in [0, 0.05) is 43.1 Å². The zero-order valence-electron chi connectivity index (χ0n) is 12.3. The predicted molar refractivity (Wildman–Crippen MR) is 82.5 cm³/mol. The van der Waals surface area contributed by atoms with E-state index in [1.807, 2.05) is 11.9 Å². The standard InChI is InChI=1S/C15H24N4O/c1-3-19-6-4-14(5-7-19)18(2)15(20)11-8-12(16)10-13(17)9-11/h8-10,14H,3-7,16-17H2,1-2H3. The molecule has 1 aliphatic heterocycles. The quantitative estimate of drug-likeness (QED) is 0.818. The van der Waals surface area contributed by atoms with Crippen LogP contribution < -0.4 is 11.5 Å². The first-order chi connectivity index (χ1) is 9.51. The first-order valence-electron chi connectivity index (χ1n) is 7.16. The summed E-state index contributed by atoms with van der Waals surface area (Å²) in [5, 5.41) is 0. The van der Waals surface area contributed by atoms with E-state index in [2.05, 4.69) is 11.8 Å². The van der Waals surface area contributed by atoms with Crippen LogP contribution in [0, 0.1) is 0 Å². The van der Waals surface area contributed by atoms with Crippen molar-refractivity contribution in [2.24, 2.45) is 0 Å². The number of nitrogens with zero attached hydrogens (tertiary/aromatic N) is 2. The summed E-state index contributed by atoms with van der Waals surface area (Å²) in [7, 11) is 1.87. The molecule has 0 saturated carbocycles. The van der Waals surface area contributed by atoms with Gasteiger partial charge in [-0.25, -0.2) is 0 Å². The molecule has 0 spiro atoms. The van der Waals surface area contributed by atoms with Crippen LogP contribution in [0.2, 0.25) is 0 Å². The third kappa shape index (κ3) is 3.22. The number of amides is 1. The maximum absolute atomic E-state index is 12.5. The fourth-order valence-electron chi connectivity index (χ4n) is 2.79. The number of hydrogen-bond acceptors (Lipinski definition) is 4. The molecule has 20 heavy (non-hydrogen) atoms. The van der Waals surface area contributed by atoms with E-state index in [1.54, 1.807) is 18.2 Å². The summed E-state index contributed by atoms with van der Waals surface area (Å²) in [6.45, 7) is 5.36. The molecule has 110 valence electrons. The van der Waals surface area contributed by atoms with Gasteiger partial charge < -0.3 is 21.3 Å². The minimum atomic E-state index is -0.000974. The zero-order chi connectivity index (χ0) is 14.7. The lowest BCUT2D eigenvalue weighted by Gasteiger charge is -2.36. The number of hydrogen-bond donors (Lipinski definition) is 2. The molecule has 0 aromatic heterocycles. The molecule has 0 radical (unpaired) electrons. The summed E-state index contributed by atoms with van der Waals surface area (Å²) >= 11 is 0. The van der Waals surface area contributed by atoms with Crippen LogP contribution in [-0.4, -0.2) is 48.4 Å².